The molecule has 1 aliphatic carbocycles. The SMILES string of the molecule is C=C1C=CC(=O)N1CCCCCC(=O)NCc1ccc(NC(=O)[C@@H](CC(=O)[C@H](C)[C@@H](OC)[C@@H]2CCCN2C(=O)C[C@@H](OC)[C@H]([C@@H](C)CC)N(C)C(=O)[C@@H](NC(=O)[C@H]2N[C@H]3CC[C@H]2C3)C(C)C)Cc2ccccc2)cc1. The summed E-state index contributed by atoms with van der Waals surface area (Å²) >= 11 is 0. The van der Waals surface area contributed by atoms with E-state index in [0.717, 1.165) is 56.1 Å². The van der Waals surface area contributed by atoms with Crippen LogP contribution in [-0.4, -0.2) is 133 Å². The fraction of sp³-hybridized carbons (Fsp3) is 0.610. The smallest absolute Gasteiger partial charge is 0.251 e. The van der Waals surface area contributed by atoms with Crippen LogP contribution < -0.4 is 21.3 Å². The summed E-state index contributed by atoms with van der Waals surface area (Å²) in [6.07, 6.45) is 10.0. The molecule has 1 saturated carbocycles. The maximum absolute atomic E-state index is 14.5. The van der Waals surface area contributed by atoms with Crippen molar-refractivity contribution in [3.63, 3.8) is 0 Å². The van der Waals surface area contributed by atoms with Crippen molar-refractivity contribution in [2.24, 2.45) is 29.6 Å². The van der Waals surface area contributed by atoms with Crippen LogP contribution >= 0.6 is 0 Å². The summed E-state index contributed by atoms with van der Waals surface area (Å²) in [5.74, 6) is -2.38. The van der Waals surface area contributed by atoms with E-state index in [4.69, 9.17) is 9.47 Å². The molecule has 0 spiro atoms. The number of Topliss-reactive ketones (excluding diaryl/α,β-unsaturated/α-hetero) is 1. The second-order valence-corrected chi connectivity index (χ2v) is 21.9. The molecule has 3 fully saturated rings. The van der Waals surface area contributed by atoms with Gasteiger partial charge < -0.3 is 45.4 Å². The van der Waals surface area contributed by atoms with E-state index in [1.165, 1.54) is 6.08 Å². The number of hydrogen-bond donors (Lipinski definition) is 4. The highest BCUT2D eigenvalue weighted by atomic mass is 16.5. The monoisotopic (exact) mass is 1040 g/mol. The van der Waals surface area contributed by atoms with Gasteiger partial charge in [0.05, 0.1) is 36.8 Å². The van der Waals surface area contributed by atoms with Gasteiger partial charge in [-0.3, -0.25) is 33.6 Å². The van der Waals surface area contributed by atoms with E-state index in [0.29, 0.717) is 62.7 Å². The highest BCUT2D eigenvalue weighted by Crippen LogP contribution is 2.36. The Labute approximate surface area is 445 Å². The molecule has 4 N–H and O–H groups in total. The Kier molecular flexibility index (Phi) is 21.8. The molecule has 4 aliphatic rings. The van der Waals surface area contributed by atoms with Gasteiger partial charge in [0.2, 0.25) is 29.5 Å². The van der Waals surface area contributed by atoms with Crippen molar-refractivity contribution in [3.05, 3.63) is 90.2 Å². The highest BCUT2D eigenvalue weighted by molar-refractivity contribution is 5.96. The number of allylic oxidation sites excluding steroid dienone is 1. The molecule has 0 unspecified atom stereocenters. The average molecular weight is 1040 g/mol. The van der Waals surface area contributed by atoms with E-state index in [1.807, 2.05) is 70.2 Å². The molecule has 3 heterocycles. The van der Waals surface area contributed by atoms with Gasteiger partial charge in [0.1, 0.15) is 11.8 Å². The first-order valence-corrected chi connectivity index (χ1v) is 27.5. The molecule has 11 atom stereocenters. The van der Waals surface area contributed by atoms with E-state index in [2.05, 4.69) is 34.8 Å². The number of unbranched alkanes of at least 4 members (excludes halogenated alkanes) is 2. The Morgan fingerprint density at radius 2 is 1.61 bits per heavy atom. The molecule has 6 amide bonds. The summed E-state index contributed by atoms with van der Waals surface area (Å²) in [4.78, 5) is 101. The third-order valence-electron chi connectivity index (χ3n) is 16.4. The Balaban J connectivity index is 1.04. The number of piperidine rings is 1. The summed E-state index contributed by atoms with van der Waals surface area (Å²) in [6, 6.07) is 15.3. The number of benzene rings is 2. The van der Waals surface area contributed by atoms with Gasteiger partial charge in [-0.05, 0) is 98.5 Å². The van der Waals surface area contributed by atoms with Crippen molar-refractivity contribution in [2.75, 3.05) is 39.7 Å². The van der Waals surface area contributed by atoms with Crippen LogP contribution in [0.25, 0.3) is 0 Å². The van der Waals surface area contributed by atoms with Gasteiger partial charge in [0.15, 0.2) is 0 Å². The number of anilines is 1. The minimum Gasteiger partial charge on any atom is -0.379 e. The minimum atomic E-state index is -0.752. The molecular weight excluding hydrogens is 951 g/mol. The predicted octanol–water partition coefficient (Wildman–Crippen LogP) is 6.73. The number of likely N-dealkylation sites (N-methyl/N-ethyl adjacent to an activating group) is 1. The summed E-state index contributed by atoms with van der Waals surface area (Å²) in [6.45, 7) is 15.1. The zero-order chi connectivity index (χ0) is 54.3. The van der Waals surface area contributed by atoms with Gasteiger partial charge in [-0.2, -0.15) is 0 Å². The standard InChI is InChI=1S/C59H85N7O9/c1-10-38(4)55(64(7)59(73)53(37(2)3)63-58(72)54-43-25-28-46(33-43)61-54)49(74-8)35-52(70)66-31-17-20-47(66)56(75-9)40(6)48(67)34-44(32-41-18-13-11-14-19-41)57(71)62-45-26-23-42(24-27-45)36-60-50(68)21-15-12-16-30-65-39(5)22-29-51(65)69/h11,13-14,18-19,22-24,26-27,29,37-38,40,43-44,46-47,49,53-56,61H,5,10,12,15-17,20-21,25,28,30-36H2,1-4,6-9H3,(H,60,68)(H,62,71)(H,63,72)/t38-,40-,43-,44+,46-,47-,49+,53-,54-,55-,56+/m0/s1. The summed E-state index contributed by atoms with van der Waals surface area (Å²) in [5, 5.41) is 12.5. The van der Waals surface area contributed by atoms with E-state index < -0.39 is 42.2 Å². The topological polar surface area (TPSA) is 196 Å². The number of nitrogens with zero attached hydrogens (tertiary/aromatic N) is 3. The van der Waals surface area contributed by atoms with Crippen molar-refractivity contribution in [3.8, 4) is 0 Å². The number of methoxy groups -OCH3 is 2. The number of ketones is 1. The lowest BCUT2D eigenvalue weighted by molar-refractivity contribution is -0.147. The van der Waals surface area contributed by atoms with Crippen LogP contribution in [0.1, 0.15) is 123 Å². The first-order valence-electron chi connectivity index (χ1n) is 27.5. The van der Waals surface area contributed by atoms with Gasteiger partial charge in [0.25, 0.3) is 5.91 Å². The molecule has 75 heavy (non-hydrogen) atoms. The van der Waals surface area contributed by atoms with Gasteiger partial charge in [0, 0.05) is 89.1 Å². The van der Waals surface area contributed by atoms with Crippen molar-refractivity contribution in [1.82, 2.24) is 30.7 Å². The number of likely N-dealkylation sites (tertiary alicyclic amines) is 1. The maximum Gasteiger partial charge on any atom is 0.251 e. The fourth-order valence-corrected chi connectivity index (χ4v) is 11.8. The number of ether oxygens (including phenoxy) is 2. The number of carbonyl (C=O) groups excluding carboxylic acids is 7. The second-order valence-electron chi connectivity index (χ2n) is 21.9. The van der Waals surface area contributed by atoms with Crippen molar-refractivity contribution < 1.29 is 43.0 Å². The molecule has 0 aromatic heterocycles. The van der Waals surface area contributed by atoms with Crippen LogP contribution in [0.15, 0.2) is 79.0 Å². The van der Waals surface area contributed by atoms with Crippen LogP contribution in [0.4, 0.5) is 5.69 Å². The van der Waals surface area contributed by atoms with E-state index in [9.17, 15) is 33.6 Å². The summed E-state index contributed by atoms with van der Waals surface area (Å²) in [5.41, 5.74) is 3.04. The number of carbonyl (C=O) groups is 7. The molecule has 16 nitrogen and oxygen atoms in total. The van der Waals surface area contributed by atoms with Crippen LogP contribution in [0.2, 0.25) is 0 Å². The van der Waals surface area contributed by atoms with Crippen molar-refractivity contribution in [1.29, 1.82) is 0 Å². The quantitative estimate of drug-likeness (QED) is 0.0635. The molecule has 0 radical (unpaired) electrons. The molecule has 2 aromatic carbocycles. The third-order valence-corrected chi connectivity index (χ3v) is 16.4. The number of rotatable bonds is 29. The first kappa shape index (κ1) is 58.5. The largest absolute Gasteiger partial charge is 0.379 e. The molecule has 3 aliphatic heterocycles. The Morgan fingerprint density at radius 1 is 0.880 bits per heavy atom. The molecule has 6 rings (SSSR count). The molecule has 16 heteroatoms. The van der Waals surface area contributed by atoms with Gasteiger partial charge >= 0.3 is 0 Å². The van der Waals surface area contributed by atoms with Crippen LogP contribution in [0, 0.1) is 29.6 Å². The number of amides is 6. The summed E-state index contributed by atoms with van der Waals surface area (Å²) < 4.78 is 12.2. The van der Waals surface area contributed by atoms with Crippen LogP contribution in [-0.2, 0) is 56.0 Å². The highest BCUT2D eigenvalue weighted by Gasteiger charge is 2.46. The lowest BCUT2D eigenvalue weighted by Gasteiger charge is -2.41. The van der Waals surface area contributed by atoms with Gasteiger partial charge in [-0.25, -0.2) is 0 Å². The lowest BCUT2D eigenvalue weighted by atomic mass is 9.85. The van der Waals surface area contributed by atoms with E-state index >= 15 is 0 Å². The van der Waals surface area contributed by atoms with Crippen molar-refractivity contribution in [2.45, 2.75) is 167 Å². The first-order chi connectivity index (χ1) is 35.9. The molecule has 2 bridgehead atoms. The normalized spacial score (nSPS) is 21.9. The number of hydrogen-bond acceptors (Lipinski definition) is 10. The van der Waals surface area contributed by atoms with Crippen LogP contribution in [0.5, 0.6) is 0 Å². The van der Waals surface area contributed by atoms with Crippen LogP contribution in [0.3, 0.4) is 0 Å². The Hall–Kier alpha value is -5.71. The second kappa shape index (κ2) is 27.9. The minimum absolute atomic E-state index is 0.00174. The maximum atomic E-state index is 14.5. The Morgan fingerprint density at radius 3 is 2.23 bits per heavy atom. The molecular formula is C59H85N7O9. The average Bonchev–Trinajstić information content (AvgIpc) is 4.24. The summed E-state index contributed by atoms with van der Waals surface area (Å²) in [7, 11) is 4.87. The zero-order valence-corrected chi connectivity index (χ0v) is 45.8. The Bertz CT molecular complexity index is 2310. The third kappa shape index (κ3) is 15.5. The van der Waals surface area contributed by atoms with E-state index in [-0.39, 0.29) is 77.9 Å². The van der Waals surface area contributed by atoms with Gasteiger partial charge in [-0.1, -0.05) is 96.5 Å². The predicted molar refractivity (Wildman–Crippen MR) is 290 cm³/mol. The number of fused-ring (bicyclic) bond motifs is 2. The van der Waals surface area contributed by atoms with Crippen molar-refractivity contribution >= 4 is 46.9 Å². The van der Waals surface area contributed by atoms with Gasteiger partial charge in [-0.15, -0.1) is 0 Å². The lowest BCUT2D eigenvalue weighted by Crippen LogP contribution is -2.59. The molecule has 410 valence electrons. The molecule has 2 saturated heterocycles. The van der Waals surface area contributed by atoms with E-state index in [1.54, 1.807) is 54.2 Å². The number of nitrogens with one attached hydrogen (secondary N) is 4. The molecule has 2 aromatic rings. The fourth-order valence-electron chi connectivity index (χ4n) is 11.8. The zero-order valence-electron chi connectivity index (χ0n) is 45.8.